The summed E-state index contributed by atoms with van der Waals surface area (Å²) in [6, 6.07) is 15.4. The monoisotopic (exact) mass is 480 g/mol. The Hall–Kier alpha value is -2.62. The first-order valence-corrected chi connectivity index (χ1v) is 13.4. The standard InChI is InChI=1S/C31H44O4/c1-7-10-12-24-14-18-26(19-15-24)30(32)34-28(9-3)23(6)29(22(4)5)35-31(33)27-20-16-25(17-21-27)13-11-8-2/h14-23,28-29H,7-13H2,1-6H3. The van der Waals surface area contributed by atoms with Crippen LogP contribution in [0.5, 0.6) is 0 Å². The summed E-state index contributed by atoms with van der Waals surface area (Å²) in [5, 5.41) is 0. The predicted molar refractivity (Wildman–Crippen MR) is 143 cm³/mol. The number of unbranched alkanes of at least 4 members (excludes halogenated alkanes) is 2. The van der Waals surface area contributed by atoms with Gasteiger partial charge in [0.25, 0.3) is 0 Å². The van der Waals surface area contributed by atoms with Gasteiger partial charge in [0.2, 0.25) is 0 Å². The molecule has 0 amide bonds. The van der Waals surface area contributed by atoms with Crippen LogP contribution in [0.15, 0.2) is 48.5 Å². The van der Waals surface area contributed by atoms with Crippen LogP contribution in [-0.4, -0.2) is 24.1 Å². The Morgan fingerprint density at radius 2 is 1.11 bits per heavy atom. The lowest BCUT2D eigenvalue weighted by Gasteiger charge is -2.32. The molecule has 3 unspecified atom stereocenters. The lowest BCUT2D eigenvalue weighted by Crippen LogP contribution is -2.39. The van der Waals surface area contributed by atoms with E-state index in [1.54, 1.807) is 0 Å². The van der Waals surface area contributed by atoms with Crippen molar-refractivity contribution < 1.29 is 19.1 Å². The van der Waals surface area contributed by atoms with Gasteiger partial charge in [0.05, 0.1) is 11.1 Å². The minimum atomic E-state index is -0.364. The van der Waals surface area contributed by atoms with Gasteiger partial charge in [0.1, 0.15) is 12.2 Å². The van der Waals surface area contributed by atoms with E-state index in [0.717, 1.165) is 38.5 Å². The second-order valence-corrected chi connectivity index (χ2v) is 9.93. The molecule has 0 aliphatic carbocycles. The van der Waals surface area contributed by atoms with Crippen LogP contribution in [0.1, 0.15) is 105 Å². The number of benzene rings is 2. The maximum Gasteiger partial charge on any atom is 0.338 e. The summed E-state index contributed by atoms with van der Waals surface area (Å²) in [5.74, 6) is -0.715. The molecule has 3 atom stereocenters. The van der Waals surface area contributed by atoms with Gasteiger partial charge in [-0.2, -0.15) is 0 Å². The molecule has 192 valence electrons. The van der Waals surface area contributed by atoms with Crippen molar-refractivity contribution in [2.45, 2.75) is 98.7 Å². The normalized spacial score (nSPS) is 13.8. The first-order chi connectivity index (χ1) is 16.8. The number of carbonyl (C=O) groups is 2. The van der Waals surface area contributed by atoms with Gasteiger partial charge in [0.15, 0.2) is 0 Å². The highest BCUT2D eigenvalue weighted by Crippen LogP contribution is 2.26. The third kappa shape index (κ3) is 8.83. The Morgan fingerprint density at radius 3 is 1.49 bits per heavy atom. The quantitative estimate of drug-likeness (QED) is 0.259. The fourth-order valence-corrected chi connectivity index (χ4v) is 4.40. The minimum Gasteiger partial charge on any atom is -0.458 e. The Morgan fingerprint density at radius 1 is 0.686 bits per heavy atom. The second-order valence-electron chi connectivity index (χ2n) is 9.93. The van der Waals surface area contributed by atoms with E-state index in [0.29, 0.717) is 17.5 Å². The molecule has 0 fully saturated rings. The van der Waals surface area contributed by atoms with Crippen molar-refractivity contribution >= 4 is 11.9 Å². The van der Waals surface area contributed by atoms with Crippen molar-refractivity contribution in [3.63, 3.8) is 0 Å². The summed E-state index contributed by atoms with van der Waals surface area (Å²) in [7, 11) is 0. The zero-order chi connectivity index (χ0) is 25.8. The molecule has 4 nitrogen and oxygen atoms in total. The van der Waals surface area contributed by atoms with Crippen LogP contribution in [0, 0.1) is 11.8 Å². The molecule has 2 aromatic carbocycles. The largest absolute Gasteiger partial charge is 0.458 e. The van der Waals surface area contributed by atoms with Gasteiger partial charge in [-0.3, -0.25) is 0 Å². The molecule has 0 N–H and O–H groups in total. The third-order valence-corrected chi connectivity index (χ3v) is 6.68. The van der Waals surface area contributed by atoms with E-state index in [1.165, 1.54) is 11.1 Å². The summed E-state index contributed by atoms with van der Waals surface area (Å²) < 4.78 is 11.9. The van der Waals surface area contributed by atoms with Gasteiger partial charge in [0, 0.05) is 5.92 Å². The zero-order valence-electron chi connectivity index (χ0n) is 22.5. The van der Waals surface area contributed by atoms with Crippen LogP contribution < -0.4 is 0 Å². The average molecular weight is 481 g/mol. The summed E-state index contributed by atoms with van der Waals surface area (Å²) in [6.07, 6.45) is 6.53. The third-order valence-electron chi connectivity index (χ3n) is 6.68. The van der Waals surface area contributed by atoms with E-state index in [1.807, 2.05) is 76.2 Å². The zero-order valence-corrected chi connectivity index (χ0v) is 22.5. The van der Waals surface area contributed by atoms with E-state index >= 15 is 0 Å². The van der Waals surface area contributed by atoms with E-state index in [9.17, 15) is 9.59 Å². The minimum absolute atomic E-state index is 0.0865. The van der Waals surface area contributed by atoms with Crippen LogP contribution in [0.3, 0.4) is 0 Å². The number of aryl methyl sites for hydroxylation is 2. The second kappa shape index (κ2) is 14.7. The molecule has 0 heterocycles. The van der Waals surface area contributed by atoms with Crippen molar-refractivity contribution in [2.24, 2.45) is 11.8 Å². The molecule has 0 saturated heterocycles. The van der Waals surface area contributed by atoms with Crippen molar-refractivity contribution in [1.82, 2.24) is 0 Å². The molecule has 0 spiro atoms. The lowest BCUT2D eigenvalue weighted by molar-refractivity contribution is -0.0427. The smallest absolute Gasteiger partial charge is 0.338 e. The summed E-state index contributed by atoms with van der Waals surface area (Å²) in [6.45, 7) is 12.4. The molecule has 0 bridgehead atoms. The number of esters is 2. The van der Waals surface area contributed by atoms with Gasteiger partial charge >= 0.3 is 11.9 Å². The van der Waals surface area contributed by atoms with Crippen molar-refractivity contribution in [2.75, 3.05) is 0 Å². The molecule has 0 aliphatic rings. The summed E-state index contributed by atoms with van der Waals surface area (Å²) in [5.41, 5.74) is 3.57. The maximum absolute atomic E-state index is 12.9. The number of hydrogen-bond donors (Lipinski definition) is 0. The first kappa shape index (κ1) is 28.6. The Bertz CT molecular complexity index is 899. The van der Waals surface area contributed by atoms with Crippen LogP contribution in [-0.2, 0) is 22.3 Å². The van der Waals surface area contributed by atoms with Gasteiger partial charge in [-0.15, -0.1) is 0 Å². The fraction of sp³-hybridized carbons (Fsp3) is 0.548. The van der Waals surface area contributed by atoms with Gasteiger partial charge < -0.3 is 9.47 Å². The van der Waals surface area contributed by atoms with Crippen LogP contribution in [0.25, 0.3) is 0 Å². The SMILES string of the molecule is CCCCc1ccc(C(=O)OC(CC)C(C)C(OC(=O)c2ccc(CCCC)cc2)C(C)C)cc1. The van der Waals surface area contributed by atoms with Gasteiger partial charge in [-0.25, -0.2) is 9.59 Å². The summed E-state index contributed by atoms with van der Waals surface area (Å²) in [4.78, 5) is 25.8. The highest BCUT2D eigenvalue weighted by atomic mass is 16.6. The molecular weight excluding hydrogens is 436 g/mol. The summed E-state index contributed by atoms with van der Waals surface area (Å²) >= 11 is 0. The molecule has 0 saturated carbocycles. The van der Waals surface area contributed by atoms with E-state index < -0.39 is 0 Å². The Labute approximate surface area is 212 Å². The Kier molecular flexibility index (Phi) is 12.0. The topological polar surface area (TPSA) is 52.6 Å². The molecule has 0 aromatic heterocycles. The number of ether oxygens (including phenoxy) is 2. The van der Waals surface area contributed by atoms with Crippen molar-refractivity contribution in [3.05, 3.63) is 70.8 Å². The number of rotatable bonds is 14. The lowest BCUT2D eigenvalue weighted by atomic mass is 9.88. The Balaban J connectivity index is 2.04. The van der Waals surface area contributed by atoms with Crippen molar-refractivity contribution in [1.29, 1.82) is 0 Å². The van der Waals surface area contributed by atoms with Crippen LogP contribution in [0.2, 0.25) is 0 Å². The maximum atomic E-state index is 12.9. The molecule has 2 rings (SSSR count). The highest BCUT2D eigenvalue weighted by Gasteiger charge is 2.33. The molecule has 2 aromatic rings. The predicted octanol–water partition coefficient (Wildman–Crippen LogP) is 7.82. The van der Waals surface area contributed by atoms with Gasteiger partial charge in [-0.05, 0) is 73.4 Å². The van der Waals surface area contributed by atoms with Gasteiger partial charge in [-0.1, -0.05) is 78.6 Å². The van der Waals surface area contributed by atoms with Crippen molar-refractivity contribution in [3.8, 4) is 0 Å². The first-order valence-electron chi connectivity index (χ1n) is 13.4. The molecule has 0 radical (unpaired) electrons. The van der Waals surface area contributed by atoms with Crippen LogP contribution in [0.4, 0.5) is 0 Å². The molecule has 0 aliphatic heterocycles. The highest BCUT2D eigenvalue weighted by molar-refractivity contribution is 5.90. The average Bonchev–Trinajstić information content (AvgIpc) is 2.87. The van der Waals surface area contributed by atoms with E-state index in [4.69, 9.17) is 9.47 Å². The fourth-order valence-electron chi connectivity index (χ4n) is 4.40. The molecule has 4 heteroatoms. The molecule has 35 heavy (non-hydrogen) atoms. The number of carbonyl (C=O) groups excluding carboxylic acids is 2. The van der Waals surface area contributed by atoms with Crippen LogP contribution >= 0.6 is 0 Å². The van der Waals surface area contributed by atoms with E-state index in [2.05, 4.69) is 13.8 Å². The molecular formula is C31H44O4. The number of hydrogen-bond acceptors (Lipinski definition) is 4. The van der Waals surface area contributed by atoms with E-state index in [-0.39, 0.29) is 36.0 Å².